The molecule has 0 bridgehead atoms. The van der Waals surface area contributed by atoms with Crippen molar-refractivity contribution in [2.45, 2.75) is 39.7 Å². The van der Waals surface area contributed by atoms with Crippen LogP contribution in [0, 0.1) is 12.8 Å². The molecule has 0 radical (unpaired) electrons. The van der Waals surface area contributed by atoms with Crippen LogP contribution in [0.25, 0.3) is 0 Å². The average molecular weight is 269 g/mol. The van der Waals surface area contributed by atoms with Gasteiger partial charge in [0.25, 0.3) is 0 Å². The molecule has 0 aromatic carbocycles. The van der Waals surface area contributed by atoms with Gasteiger partial charge in [-0.25, -0.2) is 4.98 Å². The smallest absolute Gasteiger partial charge is 0.230 e. The van der Waals surface area contributed by atoms with Crippen molar-refractivity contribution in [2.75, 3.05) is 0 Å². The average Bonchev–Trinajstić information content (AvgIpc) is 2.72. The van der Waals surface area contributed by atoms with Crippen LogP contribution in [0.4, 0.5) is 0 Å². The molecule has 0 saturated heterocycles. The molecular weight excluding hydrogens is 250 g/mol. The summed E-state index contributed by atoms with van der Waals surface area (Å²) >= 11 is 4.91. The van der Waals surface area contributed by atoms with E-state index < -0.39 is 5.92 Å². The third kappa shape index (κ3) is 3.80. The topological polar surface area (TPSA) is 81.2 Å². The van der Waals surface area contributed by atoms with Gasteiger partial charge in [0, 0.05) is 0 Å². The monoisotopic (exact) mass is 269 g/mol. The van der Waals surface area contributed by atoms with Crippen molar-refractivity contribution in [2.24, 2.45) is 11.7 Å². The number of oxazole rings is 1. The molecule has 1 aromatic rings. The van der Waals surface area contributed by atoms with Gasteiger partial charge in [-0.2, -0.15) is 0 Å². The minimum atomic E-state index is -0.427. The predicted molar refractivity (Wildman–Crippen MR) is 73.0 cm³/mol. The Labute approximate surface area is 112 Å². The Balaban J connectivity index is 2.65. The van der Waals surface area contributed by atoms with Crippen LogP contribution in [0.5, 0.6) is 0 Å². The summed E-state index contributed by atoms with van der Waals surface area (Å²) < 4.78 is 5.36. The zero-order chi connectivity index (χ0) is 13.7. The van der Waals surface area contributed by atoms with E-state index in [1.165, 1.54) is 0 Å². The number of hydrogen-bond acceptors (Lipinski definition) is 4. The van der Waals surface area contributed by atoms with Crippen molar-refractivity contribution in [1.82, 2.24) is 10.3 Å². The molecule has 1 rings (SSSR count). The molecule has 18 heavy (non-hydrogen) atoms. The molecule has 100 valence electrons. The Morgan fingerprint density at radius 1 is 1.67 bits per heavy atom. The molecule has 2 atom stereocenters. The quantitative estimate of drug-likeness (QED) is 0.770. The van der Waals surface area contributed by atoms with Gasteiger partial charge in [0.1, 0.15) is 11.8 Å². The number of carbonyl (C=O) groups excluding carboxylic acids is 1. The number of nitrogens with zero attached hydrogens (tertiary/aromatic N) is 1. The Morgan fingerprint density at radius 3 is 2.78 bits per heavy atom. The van der Waals surface area contributed by atoms with Gasteiger partial charge in [0.05, 0.1) is 17.1 Å². The maximum absolute atomic E-state index is 12.0. The Hall–Kier alpha value is -1.43. The van der Waals surface area contributed by atoms with Gasteiger partial charge in [0.15, 0.2) is 0 Å². The van der Waals surface area contributed by atoms with Crippen LogP contribution in [0.1, 0.15) is 44.4 Å². The molecule has 2 unspecified atom stereocenters. The molecule has 3 N–H and O–H groups in total. The van der Waals surface area contributed by atoms with E-state index in [1.54, 1.807) is 13.1 Å². The van der Waals surface area contributed by atoms with Crippen molar-refractivity contribution in [3.8, 4) is 0 Å². The lowest BCUT2D eigenvalue weighted by Crippen LogP contribution is -2.39. The summed E-state index contributed by atoms with van der Waals surface area (Å²) in [6.45, 7) is 5.60. The van der Waals surface area contributed by atoms with Crippen LogP contribution in [0.2, 0.25) is 0 Å². The highest BCUT2D eigenvalue weighted by Crippen LogP contribution is 2.14. The summed E-state index contributed by atoms with van der Waals surface area (Å²) in [5.41, 5.74) is 5.57. The summed E-state index contributed by atoms with van der Waals surface area (Å²) in [4.78, 5) is 16.3. The number of aromatic nitrogens is 1. The lowest BCUT2D eigenvalue weighted by molar-refractivity contribution is -0.124. The van der Waals surface area contributed by atoms with E-state index in [2.05, 4.69) is 10.3 Å². The highest BCUT2D eigenvalue weighted by Gasteiger charge is 2.23. The molecule has 1 amide bonds. The highest BCUT2D eigenvalue weighted by molar-refractivity contribution is 7.80. The summed E-state index contributed by atoms with van der Waals surface area (Å²) in [6, 6.07) is -0.292. The van der Waals surface area contributed by atoms with E-state index in [-0.39, 0.29) is 16.9 Å². The molecule has 1 aromatic heterocycles. The molecule has 6 heteroatoms. The molecule has 1 heterocycles. The molecule has 0 saturated carbocycles. The van der Waals surface area contributed by atoms with E-state index >= 15 is 0 Å². The van der Waals surface area contributed by atoms with Crippen molar-refractivity contribution in [3.63, 3.8) is 0 Å². The van der Waals surface area contributed by atoms with E-state index in [0.29, 0.717) is 18.1 Å². The molecule has 0 aliphatic heterocycles. The van der Waals surface area contributed by atoms with Crippen molar-refractivity contribution in [1.29, 1.82) is 0 Å². The number of hydrogen-bond donors (Lipinski definition) is 2. The number of rotatable bonds is 6. The van der Waals surface area contributed by atoms with Gasteiger partial charge in [-0.05, 0) is 20.3 Å². The van der Waals surface area contributed by atoms with Crippen LogP contribution in [-0.2, 0) is 4.79 Å². The van der Waals surface area contributed by atoms with Gasteiger partial charge in [-0.3, -0.25) is 4.79 Å². The van der Waals surface area contributed by atoms with Gasteiger partial charge in [-0.15, -0.1) is 0 Å². The molecule has 0 aliphatic carbocycles. The summed E-state index contributed by atoms with van der Waals surface area (Å²) in [5, 5.41) is 2.81. The van der Waals surface area contributed by atoms with Crippen LogP contribution >= 0.6 is 12.2 Å². The Bertz CT molecular complexity index is 431. The molecule has 0 spiro atoms. The fourth-order valence-electron chi connectivity index (χ4n) is 1.64. The van der Waals surface area contributed by atoms with Crippen molar-refractivity contribution in [3.05, 3.63) is 17.8 Å². The number of aryl methyl sites for hydroxylation is 1. The van der Waals surface area contributed by atoms with E-state index in [9.17, 15) is 4.79 Å². The number of thiocarbonyl (C=S) groups is 1. The first-order chi connectivity index (χ1) is 8.45. The second kappa shape index (κ2) is 6.49. The van der Waals surface area contributed by atoms with Crippen LogP contribution in [-0.4, -0.2) is 15.9 Å². The Morgan fingerprint density at radius 2 is 2.33 bits per heavy atom. The molecule has 0 fully saturated rings. The van der Waals surface area contributed by atoms with Crippen molar-refractivity contribution >= 4 is 23.1 Å². The zero-order valence-corrected chi connectivity index (χ0v) is 11.7. The van der Waals surface area contributed by atoms with Gasteiger partial charge < -0.3 is 15.5 Å². The highest BCUT2D eigenvalue weighted by atomic mass is 32.1. The fraction of sp³-hybridized carbons (Fsp3) is 0.583. The molecule has 5 nitrogen and oxygen atoms in total. The minimum Gasteiger partial charge on any atom is -0.444 e. The summed E-state index contributed by atoms with van der Waals surface area (Å²) in [5.74, 6) is 0.598. The predicted octanol–water partition coefficient (Wildman–Crippen LogP) is 1.86. The van der Waals surface area contributed by atoms with E-state index in [1.807, 2.05) is 13.8 Å². The minimum absolute atomic E-state index is 0.173. The third-order valence-electron chi connectivity index (χ3n) is 2.61. The first kappa shape index (κ1) is 14.6. The van der Waals surface area contributed by atoms with Gasteiger partial charge >= 0.3 is 0 Å². The molecule has 0 aliphatic rings. The van der Waals surface area contributed by atoms with Crippen LogP contribution in [0.3, 0.4) is 0 Å². The lowest BCUT2D eigenvalue weighted by atomic mass is 10.0. The second-order valence-electron chi connectivity index (χ2n) is 4.28. The molecular formula is C12H19N3O2S. The first-order valence-electron chi connectivity index (χ1n) is 5.97. The van der Waals surface area contributed by atoms with E-state index in [0.717, 1.165) is 6.42 Å². The summed E-state index contributed by atoms with van der Waals surface area (Å²) in [6.07, 6.45) is 3.12. The van der Waals surface area contributed by atoms with E-state index in [4.69, 9.17) is 22.4 Å². The van der Waals surface area contributed by atoms with Crippen LogP contribution in [0.15, 0.2) is 10.6 Å². The largest absolute Gasteiger partial charge is 0.444 e. The number of amides is 1. The zero-order valence-electron chi connectivity index (χ0n) is 10.9. The normalized spacial score (nSPS) is 13.9. The summed E-state index contributed by atoms with van der Waals surface area (Å²) in [7, 11) is 0. The SMILES string of the molecule is CCCC(C(=O)NC(C)c1ncc(C)o1)C(N)=S. The van der Waals surface area contributed by atoms with Gasteiger partial charge in [-0.1, -0.05) is 25.6 Å². The van der Waals surface area contributed by atoms with Crippen LogP contribution < -0.4 is 11.1 Å². The maximum Gasteiger partial charge on any atom is 0.230 e. The number of nitrogens with two attached hydrogens (primary N) is 1. The van der Waals surface area contributed by atoms with Gasteiger partial charge in [0.2, 0.25) is 11.8 Å². The maximum atomic E-state index is 12.0. The second-order valence-corrected chi connectivity index (χ2v) is 4.75. The Kier molecular flexibility index (Phi) is 5.27. The van der Waals surface area contributed by atoms with Crippen molar-refractivity contribution < 1.29 is 9.21 Å². The number of carbonyl (C=O) groups is 1. The fourth-order valence-corrected chi connectivity index (χ4v) is 1.86. The first-order valence-corrected chi connectivity index (χ1v) is 6.38. The third-order valence-corrected chi connectivity index (χ3v) is 2.89. The standard InChI is InChI=1S/C12H19N3O2S/c1-4-5-9(10(13)18)11(16)15-8(3)12-14-6-7(2)17-12/h6,8-9H,4-5H2,1-3H3,(H2,13,18)(H,15,16). The number of nitrogens with one attached hydrogen (secondary N) is 1. The lowest BCUT2D eigenvalue weighted by Gasteiger charge is -2.17.